The summed E-state index contributed by atoms with van der Waals surface area (Å²) in [6.45, 7) is 0. The van der Waals surface area contributed by atoms with E-state index in [1.807, 2.05) is 24.3 Å². The fourth-order valence-corrected chi connectivity index (χ4v) is 4.66. The molecule has 2 N–H and O–H groups in total. The number of ketones is 1. The summed E-state index contributed by atoms with van der Waals surface area (Å²) >= 11 is 0. The van der Waals surface area contributed by atoms with Crippen molar-refractivity contribution in [3.05, 3.63) is 77.3 Å². The number of para-hydroxylation sites is 1. The molecule has 162 valence electrons. The monoisotopic (exact) mass is 439 g/mol. The predicted octanol–water partition coefficient (Wildman–Crippen LogP) is 4.79. The van der Waals surface area contributed by atoms with E-state index in [9.17, 15) is 18.0 Å². The van der Waals surface area contributed by atoms with Crippen LogP contribution in [0.25, 0.3) is 10.9 Å². The van der Waals surface area contributed by atoms with E-state index in [4.69, 9.17) is 4.42 Å². The minimum Gasteiger partial charge on any atom is -0.469 e. The van der Waals surface area contributed by atoms with Crippen LogP contribution in [0.1, 0.15) is 41.9 Å². The van der Waals surface area contributed by atoms with Crippen molar-refractivity contribution in [2.75, 3.05) is 5.32 Å². The molecule has 1 aromatic carbocycles. The minimum absolute atomic E-state index is 0.0424. The second-order valence-electron chi connectivity index (χ2n) is 7.95. The largest absolute Gasteiger partial charge is 0.469 e. The van der Waals surface area contributed by atoms with Gasteiger partial charge < -0.3 is 14.7 Å². The summed E-state index contributed by atoms with van der Waals surface area (Å²) in [5, 5.41) is 7.52. The molecule has 4 heterocycles. The van der Waals surface area contributed by atoms with Gasteiger partial charge in [0.15, 0.2) is 5.78 Å². The molecule has 0 amide bonds. The highest BCUT2D eigenvalue weighted by molar-refractivity contribution is 6.01. The summed E-state index contributed by atoms with van der Waals surface area (Å²) in [7, 11) is 0. The number of nitrogens with one attached hydrogen (secondary N) is 2. The van der Waals surface area contributed by atoms with Gasteiger partial charge in [0.1, 0.15) is 11.8 Å². The molecule has 0 unspecified atom stereocenters. The van der Waals surface area contributed by atoms with Crippen LogP contribution in [0, 0.1) is 0 Å². The molecule has 1 aliphatic heterocycles. The number of allylic oxidation sites excluding steroid dienone is 2. The topological polar surface area (TPSA) is 88.7 Å². The molecule has 10 heteroatoms. The second-order valence-corrected chi connectivity index (χ2v) is 7.95. The third-order valence-electron chi connectivity index (χ3n) is 6.03. The molecule has 6 rings (SSSR count). The van der Waals surface area contributed by atoms with E-state index >= 15 is 0 Å². The molecule has 3 aromatic heterocycles. The Morgan fingerprint density at radius 3 is 2.75 bits per heavy atom. The molecule has 0 saturated carbocycles. The summed E-state index contributed by atoms with van der Waals surface area (Å²) in [6.07, 6.45) is -0.836. The maximum absolute atomic E-state index is 13.4. The first kappa shape index (κ1) is 18.9. The standard InChI is InChI=1S/C22H16F3N5O2/c23-22(24,25)20-28-21-27-15-8-11(17-6-3-7-32-17)9-16(31)18(15)19(30(21)29-20)13-10-26-14-5-2-1-4-12(13)14/h1-7,10-11,19,26H,8-9H2,(H,27,28,29)/t11-,19-/m1/s1. The number of fused-ring (bicyclic) bond motifs is 2. The summed E-state index contributed by atoms with van der Waals surface area (Å²) in [6, 6.07) is 10.2. The zero-order chi connectivity index (χ0) is 22.0. The lowest BCUT2D eigenvalue weighted by Crippen LogP contribution is -2.33. The maximum Gasteiger partial charge on any atom is 0.453 e. The molecule has 32 heavy (non-hydrogen) atoms. The van der Waals surface area contributed by atoms with Crippen molar-refractivity contribution in [3.8, 4) is 0 Å². The van der Waals surface area contributed by atoms with Crippen molar-refractivity contribution in [3.63, 3.8) is 0 Å². The Kier molecular flexibility index (Phi) is 3.89. The van der Waals surface area contributed by atoms with E-state index in [1.165, 1.54) is 4.68 Å². The number of benzene rings is 1. The quantitative estimate of drug-likeness (QED) is 0.469. The van der Waals surface area contributed by atoms with Crippen molar-refractivity contribution < 1.29 is 22.4 Å². The highest BCUT2D eigenvalue weighted by atomic mass is 19.4. The van der Waals surface area contributed by atoms with Gasteiger partial charge in [0.25, 0.3) is 5.82 Å². The van der Waals surface area contributed by atoms with Gasteiger partial charge in [0.2, 0.25) is 5.95 Å². The zero-order valence-electron chi connectivity index (χ0n) is 16.5. The van der Waals surface area contributed by atoms with E-state index in [0.29, 0.717) is 29.0 Å². The van der Waals surface area contributed by atoms with Crippen LogP contribution >= 0.6 is 0 Å². The number of aromatic nitrogens is 4. The summed E-state index contributed by atoms with van der Waals surface area (Å²) in [5.74, 6) is -0.994. The number of hydrogen-bond donors (Lipinski definition) is 2. The number of H-pyrrole nitrogens is 1. The van der Waals surface area contributed by atoms with Gasteiger partial charge in [0, 0.05) is 46.3 Å². The summed E-state index contributed by atoms with van der Waals surface area (Å²) in [5.41, 5.74) is 2.44. The fraction of sp³-hybridized carbons (Fsp3) is 0.227. The molecule has 0 spiro atoms. The molecule has 1 aliphatic carbocycles. The van der Waals surface area contributed by atoms with Gasteiger partial charge >= 0.3 is 6.18 Å². The molecule has 0 saturated heterocycles. The third-order valence-corrected chi connectivity index (χ3v) is 6.03. The van der Waals surface area contributed by atoms with Crippen LogP contribution in [0.15, 0.2) is 64.5 Å². The lowest BCUT2D eigenvalue weighted by Gasteiger charge is -2.34. The number of carbonyl (C=O) groups excluding carboxylic acids is 1. The first-order chi connectivity index (χ1) is 15.4. The molecule has 0 radical (unpaired) electrons. The van der Waals surface area contributed by atoms with E-state index in [2.05, 4.69) is 20.4 Å². The number of nitrogens with zero attached hydrogens (tertiary/aromatic N) is 3. The number of rotatable bonds is 2. The Labute approximate surface area is 178 Å². The highest BCUT2D eigenvalue weighted by Crippen LogP contribution is 2.46. The van der Waals surface area contributed by atoms with Gasteiger partial charge in [-0.3, -0.25) is 4.79 Å². The van der Waals surface area contributed by atoms with Crippen LogP contribution in [0.4, 0.5) is 19.1 Å². The van der Waals surface area contributed by atoms with Crippen LogP contribution in [-0.2, 0) is 11.0 Å². The van der Waals surface area contributed by atoms with Gasteiger partial charge in [-0.1, -0.05) is 18.2 Å². The SMILES string of the molecule is O=C1C[C@H](c2ccco2)CC2=C1[C@@H](c1c[nH]c3ccccc13)n1nc(C(F)(F)F)nc1N2. The molecule has 2 atom stereocenters. The van der Waals surface area contributed by atoms with Crippen molar-refractivity contribution in [2.24, 2.45) is 0 Å². The zero-order valence-corrected chi connectivity index (χ0v) is 16.5. The van der Waals surface area contributed by atoms with Crippen LogP contribution < -0.4 is 5.32 Å². The molecule has 4 aromatic rings. The average Bonchev–Trinajstić information content (AvgIpc) is 3.50. The Bertz CT molecular complexity index is 1380. The lowest BCUT2D eigenvalue weighted by atomic mass is 9.79. The van der Waals surface area contributed by atoms with Crippen molar-refractivity contribution in [1.29, 1.82) is 0 Å². The maximum atomic E-state index is 13.4. The second kappa shape index (κ2) is 6.59. The van der Waals surface area contributed by atoms with Gasteiger partial charge in [-0.05, 0) is 24.6 Å². The molecule has 2 aliphatic rings. The van der Waals surface area contributed by atoms with Crippen LogP contribution in [0.3, 0.4) is 0 Å². The Balaban J connectivity index is 1.54. The Morgan fingerprint density at radius 1 is 1.12 bits per heavy atom. The van der Waals surface area contributed by atoms with Gasteiger partial charge in [-0.2, -0.15) is 18.2 Å². The Hall–Kier alpha value is -3.82. The summed E-state index contributed by atoms with van der Waals surface area (Å²) < 4.78 is 46.9. The number of alkyl halides is 3. The number of carbonyl (C=O) groups is 1. The van der Waals surface area contributed by atoms with E-state index in [0.717, 1.165) is 10.9 Å². The van der Waals surface area contributed by atoms with Gasteiger partial charge in [-0.25, -0.2) is 4.68 Å². The molecule has 0 fully saturated rings. The minimum atomic E-state index is -4.71. The van der Waals surface area contributed by atoms with Crippen LogP contribution in [-0.4, -0.2) is 25.5 Å². The molecular weight excluding hydrogens is 423 g/mol. The van der Waals surface area contributed by atoms with Crippen molar-refractivity contribution in [1.82, 2.24) is 19.7 Å². The number of furan rings is 1. The van der Waals surface area contributed by atoms with E-state index in [-0.39, 0.29) is 24.1 Å². The van der Waals surface area contributed by atoms with Crippen molar-refractivity contribution in [2.45, 2.75) is 31.0 Å². The summed E-state index contributed by atoms with van der Waals surface area (Å²) in [4.78, 5) is 20.2. The smallest absolute Gasteiger partial charge is 0.453 e. The van der Waals surface area contributed by atoms with E-state index < -0.39 is 18.0 Å². The molecule has 0 bridgehead atoms. The van der Waals surface area contributed by atoms with Crippen LogP contribution in [0.5, 0.6) is 0 Å². The number of Topliss-reactive ketones (excluding diaryl/α,β-unsaturated/α-hetero) is 1. The highest BCUT2D eigenvalue weighted by Gasteiger charge is 2.44. The molecule has 7 nitrogen and oxygen atoms in total. The number of anilines is 1. The number of hydrogen-bond acceptors (Lipinski definition) is 5. The van der Waals surface area contributed by atoms with Gasteiger partial charge in [-0.15, -0.1) is 5.10 Å². The van der Waals surface area contributed by atoms with Crippen LogP contribution in [0.2, 0.25) is 0 Å². The van der Waals surface area contributed by atoms with Gasteiger partial charge in [0.05, 0.1) is 6.26 Å². The normalized spacial score (nSPS) is 20.9. The first-order valence-electron chi connectivity index (χ1n) is 10.1. The lowest BCUT2D eigenvalue weighted by molar-refractivity contribution is -0.145. The fourth-order valence-electron chi connectivity index (χ4n) is 4.66. The average molecular weight is 439 g/mol. The van der Waals surface area contributed by atoms with E-state index in [1.54, 1.807) is 24.6 Å². The number of aromatic amines is 1. The Morgan fingerprint density at radius 2 is 1.97 bits per heavy atom. The predicted molar refractivity (Wildman–Crippen MR) is 108 cm³/mol. The van der Waals surface area contributed by atoms with Crippen molar-refractivity contribution >= 4 is 22.6 Å². The molecular formula is C22H16F3N5O2. The number of halogens is 3. The first-order valence-corrected chi connectivity index (χ1v) is 10.1. The third kappa shape index (κ3) is 2.79.